The van der Waals surface area contributed by atoms with Crippen LogP contribution in [0.3, 0.4) is 0 Å². The summed E-state index contributed by atoms with van der Waals surface area (Å²) in [6.45, 7) is 11.2. The molecule has 1 heteroatoms. The van der Waals surface area contributed by atoms with Gasteiger partial charge in [0.05, 0.1) is 0 Å². The van der Waals surface area contributed by atoms with E-state index in [0.29, 0.717) is 0 Å². The van der Waals surface area contributed by atoms with Crippen LogP contribution in [0.2, 0.25) is 0 Å². The van der Waals surface area contributed by atoms with Crippen molar-refractivity contribution in [1.82, 2.24) is 0 Å². The van der Waals surface area contributed by atoms with Crippen LogP contribution < -0.4 is 0 Å². The monoisotopic (exact) mass is 266 g/mol. The highest BCUT2D eigenvalue weighted by atomic mass is 35.5. The minimum absolute atomic E-state index is 0.192. The lowest BCUT2D eigenvalue weighted by Gasteiger charge is -2.25. The van der Waals surface area contributed by atoms with Crippen LogP contribution in [0, 0.1) is 11.3 Å². The Morgan fingerprint density at radius 2 is 1.72 bits per heavy atom. The van der Waals surface area contributed by atoms with Gasteiger partial charge in [0.15, 0.2) is 0 Å². The SMILES string of the molecule is CC(C)Cc1cccc(CCC(Cl)C(C)(C)C)c1. The molecule has 0 bridgehead atoms. The highest BCUT2D eigenvalue weighted by Crippen LogP contribution is 2.28. The molecule has 1 aromatic carbocycles. The number of halogens is 1. The molecule has 0 aliphatic heterocycles. The van der Waals surface area contributed by atoms with Crippen molar-refractivity contribution in [3.05, 3.63) is 35.4 Å². The van der Waals surface area contributed by atoms with E-state index in [-0.39, 0.29) is 10.8 Å². The smallest absolute Gasteiger partial charge is 0.0387 e. The quantitative estimate of drug-likeness (QED) is 0.620. The van der Waals surface area contributed by atoms with E-state index >= 15 is 0 Å². The highest BCUT2D eigenvalue weighted by Gasteiger charge is 2.21. The van der Waals surface area contributed by atoms with Gasteiger partial charge in [-0.15, -0.1) is 11.6 Å². The molecule has 0 spiro atoms. The van der Waals surface area contributed by atoms with E-state index in [1.54, 1.807) is 0 Å². The number of rotatable bonds is 5. The van der Waals surface area contributed by atoms with Crippen LogP contribution in [-0.2, 0) is 12.8 Å². The van der Waals surface area contributed by atoms with Gasteiger partial charge in [0.25, 0.3) is 0 Å². The third-order valence-electron chi connectivity index (χ3n) is 3.26. The van der Waals surface area contributed by atoms with Gasteiger partial charge in [0, 0.05) is 5.38 Å². The molecular weight excluding hydrogens is 240 g/mol. The zero-order chi connectivity index (χ0) is 13.8. The lowest BCUT2D eigenvalue weighted by atomic mass is 9.88. The fraction of sp³-hybridized carbons (Fsp3) is 0.647. The summed E-state index contributed by atoms with van der Waals surface area (Å²) in [6, 6.07) is 8.96. The molecular formula is C17H27Cl. The van der Waals surface area contributed by atoms with E-state index in [4.69, 9.17) is 11.6 Å². The summed E-state index contributed by atoms with van der Waals surface area (Å²) in [4.78, 5) is 0. The van der Waals surface area contributed by atoms with Crippen LogP contribution in [0.1, 0.15) is 52.2 Å². The third-order valence-corrected chi connectivity index (χ3v) is 4.13. The summed E-state index contributed by atoms with van der Waals surface area (Å²) in [5, 5.41) is 0.242. The Kier molecular flexibility index (Phi) is 5.72. The fourth-order valence-electron chi connectivity index (χ4n) is 2.11. The van der Waals surface area contributed by atoms with Gasteiger partial charge >= 0.3 is 0 Å². The second-order valence-electron chi connectivity index (χ2n) is 6.79. The molecule has 0 nitrogen and oxygen atoms in total. The lowest BCUT2D eigenvalue weighted by molar-refractivity contribution is 0.374. The fourth-order valence-corrected chi connectivity index (χ4v) is 2.22. The van der Waals surface area contributed by atoms with Crippen LogP contribution in [0.4, 0.5) is 0 Å². The minimum atomic E-state index is 0.192. The predicted octanol–water partition coefficient (Wildman–Crippen LogP) is 5.47. The lowest BCUT2D eigenvalue weighted by Crippen LogP contribution is -2.21. The van der Waals surface area contributed by atoms with E-state index in [2.05, 4.69) is 58.9 Å². The summed E-state index contributed by atoms with van der Waals surface area (Å²) in [5.74, 6) is 0.718. The topological polar surface area (TPSA) is 0 Å². The van der Waals surface area contributed by atoms with E-state index in [1.807, 2.05) is 0 Å². The zero-order valence-corrected chi connectivity index (χ0v) is 13.2. The molecule has 0 aliphatic carbocycles. The van der Waals surface area contributed by atoms with Gasteiger partial charge in [0.2, 0.25) is 0 Å². The normalized spacial score (nSPS) is 13.9. The van der Waals surface area contributed by atoms with Gasteiger partial charge in [0.1, 0.15) is 0 Å². The van der Waals surface area contributed by atoms with Crippen LogP contribution in [0.15, 0.2) is 24.3 Å². The summed E-state index contributed by atoms with van der Waals surface area (Å²) in [7, 11) is 0. The Morgan fingerprint density at radius 3 is 2.28 bits per heavy atom. The Labute approximate surface area is 118 Å². The molecule has 1 rings (SSSR count). The second-order valence-corrected chi connectivity index (χ2v) is 7.32. The number of aryl methyl sites for hydroxylation is 1. The van der Waals surface area contributed by atoms with Gasteiger partial charge in [-0.1, -0.05) is 58.9 Å². The van der Waals surface area contributed by atoms with Crippen molar-refractivity contribution in [1.29, 1.82) is 0 Å². The summed E-state index contributed by atoms with van der Waals surface area (Å²) in [5.41, 5.74) is 3.06. The molecule has 0 radical (unpaired) electrons. The highest BCUT2D eigenvalue weighted by molar-refractivity contribution is 6.21. The van der Waals surface area contributed by atoms with Gasteiger partial charge in [-0.3, -0.25) is 0 Å². The van der Waals surface area contributed by atoms with Gasteiger partial charge in [-0.25, -0.2) is 0 Å². The van der Waals surface area contributed by atoms with Gasteiger partial charge < -0.3 is 0 Å². The minimum Gasteiger partial charge on any atom is -0.122 e. The number of hydrogen-bond acceptors (Lipinski definition) is 0. The average molecular weight is 267 g/mol. The van der Waals surface area contributed by atoms with Crippen molar-refractivity contribution in [2.45, 2.75) is 59.3 Å². The van der Waals surface area contributed by atoms with E-state index in [0.717, 1.165) is 25.2 Å². The molecule has 1 atom stereocenters. The van der Waals surface area contributed by atoms with E-state index in [1.165, 1.54) is 11.1 Å². The molecule has 1 aromatic rings. The number of alkyl halides is 1. The van der Waals surface area contributed by atoms with E-state index < -0.39 is 0 Å². The Bertz CT molecular complexity index is 360. The Hall–Kier alpha value is -0.490. The second kappa shape index (κ2) is 6.61. The van der Waals surface area contributed by atoms with Crippen molar-refractivity contribution in [2.75, 3.05) is 0 Å². The zero-order valence-electron chi connectivity index (χ0n) is 12.5. The maximum atomic E-state index is 6.43. The molecule has 0 fully saturated rings. The molecule has 102 valence electrons. The van der Waals surface area contributed by atoms with Crippen molar-refractivity contribution in [2.24, 2.45) is 11.3 Å². The first kappa shape index (κ1) is 15.6. The first-order valence-corrected chi connectivity index (χ1v) is 7.44. The molecule has 1 unspecified atom stereocenters. The summed E-state index contributed by atoms with van der Waals surface area (Å²) >= 11 is 6.43. The summed E-state index contributed by atoms with van der Waals surface area (Å²) in [6.07, 6.45) is 3.30. The molecule has 0 saturated heterocycles. The molecule has 0 aromatic heterocycles. The van der Waals surface area contributed by atoms with Crippen LogP contribution in [-0.4, -0.2) is 5.38 Å². The maximum absolute atomic E-state index is 6.43. The molecule has 0 aliphatic rings. The first-order valence-electron chi connectivity index (χ1n) is 7.01. The van der Waals surface area contributed by atoms with Gasteiger partial charge in [-0.05, 0) is 41.7 Å². The Balaban J connectivity index is 2.57. The van der Waals surface area contributed by atoms with Crippen molar-refractivity contribution < 1.29 is 0 Å². The average Bonchev–Trinajstić information content (AvgIpc) is 2.24. The van der Waals surface area contributed by atoms with Crippen LogP contribution in [0.25, 0.3) is 0 Å². The van der Waals surface area contributed by atoms with E-state index in [9.17, 15) is 0 Å². The third kappa shape index (κ3) is 5.44. The number of hydrogen-bond donors (Lipinski definition) is 0. The number of benzene rings is 1. The van der Waals surface area contributed by atoms with Crippen LogP contribution >= 0.6 is 11.6 Å². The van der Waals surface area contributed by atoms with Gasteiger partial charge in [-0.2, -0.15) is 0 Å². The maximum Gasteiger partial charge on any atom is 0.0387 e. The molecule has 0 saturated carbocycles. The Morgan fingerprint density at radius 1 is 1.11 bits per heavy atom. The molecule has 0 heterocycles. The van der Waals surface area contributed by atoms with Crippen molar-refractivity contribution in [3.63, 3.8) is 0 Å². The molecule has 0 amide bonds. The predicted molar refractivity (Wildman–Crippen MR) is 82.4 cm³/mol. The van der Waals surface area contributed by atoms with Crippen molar-refractivity contribution >= 4 is 11.6 Å². The molecule has 18 heavy (non-hydrogen) atoms. The molecule has 0 N–H and O–H groups in total. The summed E-state index contributed by atoms with van der Waals surface area (Å²) < 4.78 is 0. The standard InChI is InChI=1S/C17H27Cl/c1-13(2)11-15-8-6-7-14(12-15)9-10-16(18)17(3,4)5/h6-8,12-13,16H,9-11H2,1-5H3. The van der Waals surface area contributed by atoms with Crippen LogP contribution in [0.5, 0.6) is 0 Å². The largest absolute Gasteiger partial charge is 0.122 e. The first-order chi connectivity index (χ1) is 8.29. The van der Waals surface area contributed by atoms with Crippen molar-refractivity contribution in [3.8, 4) is 0 Å².